The molecule has 10 heteroatoms. The van der Waals surface area contributed by atoms with Gasteiger partial charge in [0.2, 0.25) is 16.0 Å². The molecule has 0 unspecified atom stereocenters. The first-order chi connectivity index (χ1) is 18.4. The maximum absolute atomic E-state index is 12.6. The number of nitrogens with one attached hydrogen (secondary N) is 3. The maximum atomic E-state index is 12.6. The Morgan fingerprint density at radius 2 is 1.37 bits per heavy atom. The first-order valence-corrected chi connectivity index (χ1v) is 14.9. The summed E-state index contributed by atoms with van der Waals surface area (Å²) < 4.78 is 27.9. The fourth-order valence-corrected chi connectivity index (χ4v) is 6.09. The molecule has 198 valence electrons. The second kappa shape index (κ2) is 11.9. The monoisotopic (exact) mass is 569 g/mol. The van der Waals surface area contributed by atoms with Crippen molar-refractivity contribution in [2.75, 3.05) is 23.7 Å². The van der Waals surface area contributed by atoms with Gasteiger partial charge in [-0.25, -0.2) is 18.1 Å². The van der Waals surface area contributed by atoms with Crippen LogP contribution in [-0.4, -0.2) is 31.5 Å². The largest absolute Gasteiger partial charge is 0.354 e. The zero-order valence-corrected chi connectivity index (χ0v) is 23.0. The molecule has 1 heterocycles. The standard InChI is InChI=1S/C28H29Cl2N5O2S/c29-21-9-13-23(14-10-21)33-27-25-3-1-2-4-26(25)34-28(35-27)31-17-19-5-7-20(8-6-19)18-32-38(36,37)24-15-11-22(30)12-16-24/h1-4,9-16,19-20,32H,5-8,17-18H2,(H2,31,33,34,35)/t19-,20-. The molecular weight excluding hydrogens is 541 g/mol. The second-order valence-electron chi connectivity index (χ2n) is 9.62. The van der Waals surface area contributed by atoms with Gasteiger partial charge >= 0.3 is 0 Å². The second-order valence-corrected chi connectivity index (χ2v) is 12.3. The van der Waals surface area contributed by atoms with Gasteiger partial charge in [0.05, 0.1) is 10.4 Å². The molecule has 3 N–H and O–H groups in total. The number of benzene rings is 3. The molecule has 1 aliphatic carbocycles. The molecule has 1 aromatic heterocycles. The molecule has 1 fully saturated rings. The molecule has 7 nitrogen and oxygen atoms in total. The van der Waals surface area contributed by atoms with Crippen molar-refractivity contribution >= 4 is 61.6 Å². The van der Waals surface area contributed by atoms with Gasteiger partial charge in [-0.1, -0.05) is 35.3 Å². The van der Waals surface area contributed by atoms with Crippen LogP contribution in [0.3, 0.4) is 0 Å². The molecule has 5 rings (SSSR count). The number of hydrogen-bond acceptors (Lipinski definition) is 6. The molecule has 0 atom stereocenters. The number of hydrogen-bond donors (Lipinski definition) is 3. The Kier molecular flexibility index (Phi) is 8.33. The number of fused-ring (bicyclic) bond motifs is 1. The maximum Gasteiger partial charge on any atom is 0.240 e. The Bertz CT molecular complexity index is 1490. The lowest BCUT2D eigenvalue weighted by Gasteiger charge is -2.28. The minimum atomic E-state index is -3.53. The van der Waals surface area contributed by atoms with Gasteiger partial charge < -0.3 is 10.6 Å². The highest BCUT2D eigenvalue weighted by Gasteiger charge is 2.23. The fourth-order valence-electron chi connectivity index (χ4n) is 4.72. The highest BCUT2D eigenvalue weighted by atomic mass is 35.5. The molecule has 3 aromatic carbocycles. The van der Waals surface area contributed by atoms with Gasteiger partial charge in [0.1, 0.15) is 5.82 Å². The van der Waals surface area contributed by atoms with Crippen molar-refractivity contribution in [2.24, 2.45) is 11.8 Å². The Labute approximate surface area is 233 Å². The van der Waals surface area contributed by atoms with E-state index in [-0.39, 0.29) is 4.90 Å². The molecule has 1 saturated carbocycles. The van der Waals surface area contributed by atoms with Crippen molar-refractivity contribution in [2.45, 2.75) is 30.6 Å². The van der Waals surface area contributed by atoms with Gasteiger partial charge in [0.25, 0.3) is 0 Å². The zero-order valence-electron chi connectivity index (χ0n) is 20.7. The van der Waals surface area contributed by atoms with Gasteiger partial charge in [-0.15, -0.1) is 0 Å². The number of anilines is 3. The lowest BCUT2D eigenvalue weighted by molar-refractivity contribution is 0.284. The lowest BCUT2D eigenvalue weighted by Crippen LogP contribution is -2.32. The number of aromatic nitrogens is 2. The van der Waals surface area contributed by atoms with Crippen LogP contribution in [-0.2, 0) is 10.0 Å². The van der Waals surface area contributed by atoms with Crippen LogP contribution in [0.2, 0.25) is 10.0 Å². The lowest BCUT2D eigenvalue weighted by atomic mass is 9.82. The Hall–Kier alpha value is -2.91. The fraction of sp³-hybridized carbons (Fsp3) is 0.286. The Balaban J connectivity index is 1.16. The van der Waals surface area contributed by atoms with E-state index < -0.39 is 10.0 Å². The SMILES string of the molecule is O=S(=O)(NC[C@H]1CC[C@H](CNc2nc(Nc3ccc(Cl)cc3)c3ccccc3n2)CC1)c1ccc(Cl)cc1. The van der Waals surface area contributed by atoms with Crippen molar-refractivity contribution in [3.8, 4) is 0 Å². The average Bonchev–Trinajstić information content (AvgIpc) is 2.93. The van der Waals surface area contributed by atoms with E-state index in [2.05, 4.69) is 15.4 Å². The van der Waals surface area contributed by atoms with Crippen molar-refractivity contribution in [1.29, 1.82) is 0 Å². The number of halogens is 2. The van der Waals surface area contributed by atoms with E-state index in [1.165, 1.54) is 12.1 Å². The minimum Gasteiger partial charge on any atom is -0.354 e. The molecule has 1 aliphatic rings. The van der Waals surface area contributed by atoms with E-state index in [1.807, 2.05) is 48.5 Å². The van der Waals surface area contributed by atoms with Crippen LogP contribution in [0.1, 0.15) is 25.7 Å². The van der Waals surface area contributed by atoms with Crippen molar-refractivity contribution < 1.29 is 8.42 Å². The topological polar surface area (TPSA) is 96.0 Å². The van der Waals surface area contributed by atoms with E-state index in [1.54, 1.807) is 12.1 Å². The van der Waals surface area contributed by atoms with E-state index in [9.17, 15) is 8.42 Å². The summed E-state index contributed by atoms with van der Waals surface area (Å²) in [4.78, 5) is 9.71. The molecular formula is C28H29Cl2N5O2S. The summed E-state index contributed by atoms with van der Waals surface area (Å²) in [6, 6.07) is 21.7. The zero-order chi connectivity index (χ0) is 26.5. The van der Waals surface area contributed by atoms with Gasteiger partial charge in [0.15, 0.2) is 0 Å². The van der Waals surface area contributed by atoms with Crippen molar-refractivity contribution in [3.05, 3.63) is 82.8 Å². The third-order valence-corrected chi connectivity index (χ3v) is 8.85. The van der Waals surface area contributed by atoms with Gasteiger partial charge in [-0.3, -0.25) is 0 Å². The molecule has 0 bridgehead atoms. The minimum absolute atomic E-state index is 0.236. The van der Waals surface area contributed by atoms with Crippen molar-refractivity contribution in [1.82, 2.24) is 14.7 Å². The number of rotatable bonds is 9. The summed E-state index contributed by atoms with van der Waals surface area (Å²) in [5.74, 6) is 2.11. The molecule has 38 heavy (non-hydrogen) atoms. The third-order valence-electron chi connectivity index (χ3n) is 6.91. The summed E-state index contributed by atoms with van der Waals surface area (Å²) >= 11 is 11.9. The summed E-state index contributed by atoms with van der Waals surface area (Å²) in [7, 11) is -3.53. The summed E-state index contributed by atoms with van der Waals surface area (Å²) in [5.41, 5.74) is 1.76. The highest BCUT2D eigenvalue weighted by Crippen LogP contribution is 2.30. The number of para-hydroxylation sites is 1. The predicted octanol–water partition coefficient (Wildman–Crippen LogP) is 6.88. The molecule has 0 aliphatic heterocycles. The van der Waals surface area contributed by atoms with E-state index in [0.717, 1.165) is 54.6 Å². The van der Waals surface area contributed by atoms with Crippen LogP contribution in [0.5, 0.6) is 0 Å². The summed E-state index contributed by atoms with van der Waals surface area (Å²) in [5, 5.41) is 8.95. The first-order valence-electron chi connectivity index (χ1n) is 12.6. The Morgan fingerprint density at radius 3 is 2.05 bits per heavy atom. The average molecular weight is 571 g/mol. The molecule has 0 saturated heterocycles. The van der Waals surface area contributed by atoms with E-state index in [0.29, 0.717) is 34.4 Å². The molecule has 0 radical (unpaired) electrons. The molecule has 0 spiro atoms. The van der Waals surface area contributed by atoms with Gasteiger partial charge in [-0.05, 0) is 98.2 Å². The van der Waals surface area contributed by atoms with Crippen LogP contribution in [0.25, 0.3) is 10.9 Å². The van der Waals surface area contributed by atoms with Gasteiger partial charge in [0, 0.05) is 34.2 Å². The smallest absolute Gasteiger partial charge is 0.240 e. The number of nitrogens with zero attached hydrogens (tertiary/aromatic N) is 2. The molecule has 4 aromatic rings. The summed E-state index contributed by atoms with van der Waals surface area (Å²) in [6.45, 7) is 1.21. The predicted molar refractivity (Wildman–Crippen MR) is 155 cm³/mol. The highest BCUT2D eigenvalue weighted by molar-refractivity contribution is 7.89. The third kappa shape index (κ3) is 6.74. The quantitative estimate of drug-likeness (QED) is 0.203. The first kappa shape index (κ1) is 26.7. The van der Waals surface area contributed by atoms with Crippen LogP contribution in [0, 0.1) is 11.8 Å². The van der Waals surface area contributed by atoms with Crippen LogP contribution >= 0.6 is 23.2 Å². The van der Waals surface area contributed by atoms with E-state index in [4.69, 9.17) is 33.2 Å². The van der Waals surface area contributed by atoms with Crippen LogP contribution < -0.4 is 15.4 Å². The Morgan fingerprint density at radius 1 is 0.763 bits per heavy atom. The van der Waals surface area contributed by atoms with Crippen LogP contribution in [0.4, 0.5) is 17.5 Å². The normalized spacial score (nSPS) is 17.8. The number of sulfonamides is 1. The van der Waals surface area contributed by atoms with Crippen molar-refractivity contribution in [3.63, 3.8) is 0 Å². The van der Waals surface area contributed by atoms with Crippen LogP contribution in [0.15, 0.2) is 77.7 Å². The summed E-state index contributed by atoms with van der Waals surface area (Å²) in [6.07, 6.45) is 3.97. The van der Waals surface area contributed by atoms with Gasteiger partial charge in [-0.2, -0.15) is 4.98 Å². The molecule has 0 amide bonds. The van der Waals surface area contributed by atoms with E-state index >= 15 is 0 Å².